The van der Waals surface area contributed by atoms with Crippen molar-refractivity contribution < 1.29 is 0 Å². The van der Waals surface area contributed by atoms with Gasteiger partial charge in [0.25, 0.3) is 0 Å². The maximum Gasteiger partial charge on any atom is 0.0738 e. The molecule has 0 saturated heterocycles. The molecule has 1 aromatic heterocycles. The first kappa shape index (κ1) is 13.1. The molecule has 1 saturated carbocycles. The quantitative estimate of drug-likeness (QED) is 0.929. The highest BCUT2D eigenvalue weighted by molar-refractivity contribution is 9.10. The zero-order valence-electron chi connectivity index (χ0n) is 11.1. The van der Waals surface area contributed by atoms with Crippen molar-refractivity contribution in [3.63, 3.8) is 0 Å². The van der Waals surface area contributed by atoms with Gasteiger partial charge in [0.15, 0.2) is 0 Å². The summed E-state index contributed by atoms with van der Waals surface area (Å²) >= 11 is 3.63. The van der Waals surface area contributed by atoms with Crippen LogP contribution in [0.2, 0.25) is 0 Å². The fourth-order valence-corrected chi connectivity index (χ4v) is 3.11. The molecule has 1 aliphatic rings. The third-order valence-electron chi connectivity index (χ3n) is 3.99. The number of rotatable bonds is 4. The maximum atomic E-state index is 6.33. The highest BCUT2D eigenvalue weighted by atomic mass is 79.9. The molecule has 17 heavy (non-hydrogen) atoms. The van der Waals surface area contributed by atoms with Gasteiger partial charge < -0.3 is 5.73 Å². The molecule has 1 fully saturated rings. The van der Waals surface area contributed by atoms with Gasteiger partial charge in [0.2, 0.25) is 0 Å². The van der Waals surface area contributed by atoms with Crippen molar-refractivity contribution in [1.29, 1.82) is 0 Å². The largest absolute Gasteiger partial charge is 0.327 e. The second kappa shape index (κ2) is 4.39. The zero-order valence-corrected chi connectivity index (χ0v) is 12.7. The topological polar surface area (TPSA) is 43.8 Å². The first-order chi connectivity index (χ1) is 7.86. The van der Waals surface area contributed by atoms with E-state index in [1.54, 1.807) is 0 Å². The van der Waals surface area contributed by atoms with Gasteiger partial charge in [-0.2, -0.15) is 5.10 Å². The van der Waals surface area contributed by atoms with Crippen molar-refractivity contribution in [2.75, 3.05) is 0 Å². The zero-order chi connectivity index (χ0) is 12.8. The Morgan fingerprint density at radius 1 is 1.59 bits per heavy atom. The van der Waals surface area contributed by atoms with E-state index in [-0.39, 0.29) is 6.04 Å². The standard InChI is InChI=1S/C13H22BrN3/c1-5-17-11(12(14)8(2)16-17)6-10(15)9-7-13(9,3)4/h9-10H,5-7,15H2,1-4H3. The Morgan fingerprint density at radius 3 is 2.65 bits per heavy atom. The van der Waals surface area contributed by atoms with E-state index in [1.807, 2.05) is 6.92 Å². The summed E-state index contributed by atoms with van der Waals surface area (Å²) in [6, 6.07) is 0.252. The van der Waals surface area contributed by atoms with Crippen molar-refractivity contribution in [3.05, 3.63) is 15.9 Å². The number of hydrogen-bond acceptors (Lipinski definition) is 2. The summed E-state index contributed by atoms with van der Waals surface area (Å²) in [6.45, 7) is 9.66. The van der Waals surface area contributed by atoms with Crippen LogP contribution in [-0.2, 0) is 13.0 Å². The predicted molar refractivity (Wildman–Crippen MR) is 73.9 cm³/mol. The molecule has 2 N–H and O–H groups in total. The lowest BCUT2D eigenvalue weighted by atomic mass is 10.0. The van der Waals surface area contributed by atoms with Crippen LogP contribution in [0.5, 0.6) is 0 Å². The lowest BCUT2D eigenvalue weighted by Crippen LogP contribution is -2.28. The summed E-state index contributed by atoms with van der Waals surface area (Å²) in [7, 11) is 0. The molecule has 2 atom stereocenters. The van der Waals surface area contributed by atoms with E-state index < -0.39 is 0 Å². The number of aryl methyl sites for hydroxylation is 2. The van der Waals surface area contributed by atoms with Gasteiger partial charge in [-0.1, -0.05) is 13.8 Å². The summed E-state index contributed by atoms with van der Waals surface area (Å²) in [5, 5.41) is 4.51. The summed E-state index contributed by atoms with van der Waals surface area (Å²) in [4.78, 5) is 0. The molecule has 4 heteroatoms. The van der Waals surface area contributed by atoms with Gasteiger partial charge >= 0.3 is 0 Å². The first-order valence-electron chi connectivity index (χ1n) is 6.34. The SMILES string of the molecule is CCn1nc(C)c(Br)c1CC(N)C1CC1(C)C. The van der Waals surface area contributed by atoms with E-state index in [1.165, 1.54) is 12.1 Å². The van der Waals surface area contributed by atoms with Crippen LogP contribution in [0.15, 0.2) is 4.47 Å². The molecule has 1 aliphatic carbocycles. The van der Waals surface area contributed by atoms with Crippen LogP contribution in [0.3, 0.4) is 0 Å². The van der Waals surface area contributed by atoms with E-state index in [0.717, 1.165) is 23.1 Å². The van der Waals surface area contributed by atoms with Crippen LogP contribution in [-0.4, -0.2) is 15.8 Å². The van der Waals surface area contributed by atoms with Crippen molar-refractivity contribution in [2.45, 2.75) is 53.1 Å². The maximum absolute atomic E-state index is 6.33. The fraction of sp³-hybridized carbons (Fsp3) is 0.769. The summed E-state index contributed by atoms with van der Waals surface area (Å²) in [5.41, 5.74) is 9.08. The number of hydrogen-bond donors (Lipinski definition) is 1. The highest BCUT2D eigenvalue weighted by Crippen LogP contribution is 2.53. The van der Waals surface area contributed by atoms with Gasteiger partial charge in [-0.25, -0.2) is 0 Å². The van der Waals surface area contributed by atoms with Gasteiger partial charge in [-0.15, -0.1) is 0 Å². The Hall–Kier alpha value is -0.350. The van der Waals surface area contributed by atoms with Crippen molar-refractivity contribution in [2.24, 2.45) is 17.1 Å². The van der Waals surface area contributed by atoms with Crippen LogP contribution < -0.4 is 5.73 Å². The molecule has 1 aromatic rings. The molecule has 0 spiro atoms. The molecule has 1 heterocycles. The van der Waals surface area contributed by atoms with E-state index in [0.29, 0.717) is 11.3 Å². The van der Waals surface area contributed by atoms with E-state index in [2.05, 4.69) is 46.5 Å². The van der Waals surface area contributed by atoms with Crippen LogP contribution >= 0.6 is 15.9 Å². The number of halogens is 1. The predicted octanol–water partition coefficient (Wildman–Crippen LogP) is 2.89. The Balaban J connectivity index is 2.13. The average Bonchev–Trinajstić information content (AvgIpc) is 2.82. The highest BCUT2D eigenvalue weighted by Gasteiger charge is 2.49. The Labute approximate surface area is 112 Å². The number of aromatic nitrogens is 2. The molecule has 3 nitrogen and oxygen atoms in total. The monoisotopic (exact) mass is 299 g/mol. The molecular weight excluding hydrogens is 278 g/mol. The molecule has 0 amide bonds. The minimum atomic E-state index is 0.252. The number of nitrogens with two attached hydrogens (primary N) is 1. The fourth-order valence-electron chi connectivity index (χ4n) is 2.67. The normalized spacial score (nSPS) is 23.8. The van der Waals surface area contributed by atoms with E-state index >= 15 is 0 Å². The Morgan fingerprint density at radius 2 is 2.18 bits per heavy atom. The van der Waals surface area contributed by atoms with E-state index in [4.69, 9.17) is 5.73 Å². The van der Waals surface area contributed by atoms with Crippen LogP contribution in [0.1, 0.15) is 38.6 Å². The minimum Gasteiger partial charge on any atom is -0.327 e. The third kappa shape index (κ3) is 2.43. The van der Waals surface area contributed by atoms with Gasteiger partial charge in [0.05, 0.1) is 15.9 Å². The second-order valence-electron chi connectivity index (χ2n) is 5.83. The molecule has 2 rings (SSSR count). The molecule has 0 bridgehead atoms. The smallest absolute Gasteiger partial charge is 0.0738 e. The summed E-state index contributed by atoms with van der Waals surface area (Å²) in [5.74, 6) is 0.662. The number of nitrogens with zero attached hydrogens (tertiary/aromatic N) is 2. The van der Waals surface area contributed by atoms with Crippen molar-refractivity contribution in [3.8, 4) is 0 Å². The minimum absolute atomic E-state index is 0.252. The average molecular weight is 300 g/mol. The Kier molecular flexibility index (Phi) is 3.38. The van der Waals surface area contributed by atoms with Crippen molar-refractivity contribution in [1.82, 2.24) is 9.78 Å². The molecule has 96 valence electrons. The molecule has 0 aromatic carbocycles. The van der Waals surface area contributed by atoms with Gasteiger partial charge in [-0.3, -0.25) is 4.68 Å². The lowest BCUT2D eigenvalue weighted by Gasteiger charge is -2.14. The first-order valence-corrected chi connectivity index (χ1v) is 7.13. The summed E-state index contributed by atoms with van der Waals surface area (Å²) < 4.78 is 3.20. The van der Waals surface area contributed by atoms with Crippen LogP contribution in [0.25, 0.3) is 0 Å². The van der Waals surface area contributed by atoms with Crippen molar-refractivity contribution >= 4 is 15.9 Å². The van der Waals surface area contributed by atoms with Crippen LogP contribution in [0.4, 0.5) is 0 Å². The molecule has 2 unspecified atom stereocenters. The lowest BCUT2D eigenvalue weighted by molar-refractivity contribution is 0.463. The van der Waals surface area contributed by atoms with Gasteiger partial charge in [-0.05, 0) is 47.5 Å². The molecule has 0 radical (unpaired) electrons. The van der Waals surface area contributed by atoms with E-state index in [9.17, 15) is 0 Å². The second-order valence-corrected chi connectivity index (χ2v) is 6.62. The van der Waals surface area contributed by atoms with Gasteiger partial charge in [0, 0.05) is 19.0 Å². The summed E-state index contributed by atoms with van der Waals surface area (Å²) in [6.07, 6.45) is 2.17. The Bertz CT molecular complexity index is 423. The molecule has 0 aliphatic heterocycles. The third-order valence-corrected chi connectivity index (χ3v) is 5.02. The van der Waals surface area contributed by atoms with Crippen LogP contribution in [0, 0.1) is 18.3 Å². The van der Waals surface area contributed by atoms with Gasteiger partial charge in [0.1, 0.15) is 0 Å². The molecular formula is C13H22BrN3.